The third-order valence-electron chi connectivity index (χ3n) is 6.15. The van der Waals surface area contributed by atoms with Gasteiger partial charge < -0.3 is 5.11 Å². The second-order valence-corrected chi connectivity index (χ2v) is 7.55. The molecule has 1 nitrogen and oxygen atoms in total. The van der Waals surface area contributed by atoms with E-state index < -0.39 is 0 Å². The molecule has 1 aromatic rings. The first-order valence-corrected chi connectivity index (χ1v) is 8.09. The monoisotopic (exact) mass is 268 g/mol. The van der Waals surface area contributed by atoms with E-state index in [1.807, 2.05) is 6.08 Å². The van der Waals surface area contributed by atoms with Gasteiger partial charge in [0.05, 0.1) is 6.10 Å². The smallest absolute Gasteiger partial charge is 0.0846 e. The summed E-state index contributed by atoms with van der Waals surface area (Å²) in [5, 5.41) is 11.0. The number of aliphatic hydroxyl groups excluding tert-OH is 1. The molecule has 4 fully saturated rings. The molecule has 5 rings (SSSR count). The van der Waals surface area contributed by atoms with Crippen molar-refractivity contribution in [1.29, 1.82) is 0 Å². The Kier molecular flexibility index (Phi) is 2.82. The fraction of sp³-hybridized carbons (Fsp3) is 0.579. The molecule has 0 amide bonds. The molecule has 1 unspecified atom stereocenters. The zero-order chi connectivity index (χ0) is 13.7. The van der Waals surface area contributed by atoms with Crippen LogP contribution < -0.4 is 0 Å². The van der Waals surface area contributed by atoms with Crippen LogP contribution in [0.2, 0.25) is 0 Å². The summed E-state index contributed by atoms with van der Waals surface area (Å²) in [5.41, 5.74) is 2.42. The van der Waals surface area contributed by atoms with E-state index in [0.717, 1.165) is 28.9 Å². The van der Waals surface area contributed by atoms with Crippen molar-refractivity contribution in [2.24, 2.45) is 23.2 Å². The van der Waals surface area contributed by atoms with Gasteiger partial charge in [0.1, 0.15) is 0 Å². The maximum Gasteiger partial charge on any atom is 0.0846 e. The quantitative estimate of drug-likeness (QED) is 0.850. The van der Waals surface area contributed by atoms with Crippen LogP contribution in [-0.2, 0) is 0 Å². The molecule has 0 saturated heterocycles. The number of hydrogen-bond acceptors (Lipinski definition) is 1. The molecule has 4 saturated carbocycles. The first-order chi connectivity index (χ1) is 9.68. The number of hydrogen-bond donors (Lipinski definition) is 1. The normalized spacial score (nSPS) is 39.8. The van der Waals surface area contributed by atoms with Gasteiger partial charge in [0.2, 0.25) is 0 Å². The molecule has 1 aromatic carbocycles. The van der Waals surface area contributed by atoms with Gasteiger partial charge in [-0.1, -0.05) is 36.9 Å². The lowest BCUT2D eigenvalue weighted by Gasteiger charge is -2.58. The van der Waals surface area contributed by atoms with Crippen molar-refractivity contribution in [3.63, 3.8) is 0 Å². The van der Waals surface area contributed by atoms with Crippen molar-refractivity contribution >= 4 is 6.08 Å². The fourth-order valence-electron chi connectivity index (χ4n) is 5.68. The van der Waals surface area contributed by atoms with Crippen molar-refractivity contribution in [3.05, 3.63) is 42.0 Å². The van der Waals surface area contributed by atoms with E-state index in [1.54, 1.807) is 0 Å². The molecule has 20 heavy (non-hydrogen) atoms. The van der Waals surface area contributed by atoms with E-state index in [0.29, 0.717) is 0 Å². The van der Waals surface area contributed by atoms with E-state index in [2.05, 4.69) is 30.8 Å². The minimum absolute atomic E-state index is 0.185. The number of benzene rings is 1. The molecule has 4 bridgehead atoms. The van der Waals surface area contributed by atoms with E-state index in [4.69, 9.17) is 0 Å². The highest BCUT2D eigenvalue weighted by atomic mass is 16.3. The van der Waals surface area contributed by atoms with E-state index in [-0.39, 0.29) is 11.5 Å². The van der Waals surface area contributed by atoms with Gasteiger partial charge in [-0.25, -0.2) is 0 Å². The van der Waals surface area contributed by atoms with Crippen LogP contribution in [0.4, 0.5) is 0 Å². The Morgan fingerprint density at radius 3 is 1.95 bits per heavy atom. The van der Waals surface area contributed by atoms with Crippen LogP contribution in [-0.4, -0.2) is 5.11 Å². The molecule has 106 valence electrons. The largest absolute Gasteiger partial charge is 0.388 e. The molecular weight excluding hydrogens is 244 g/mol. The van der Waals surface area contributed by atoms with E-state index >= 15 is 0 Å². The molecule has 1 atom stereocenters. The summed E-state index contributed by atoms with van der Waals surface area (Å²) in [6.07, 6.45) is 9.65. The Morgan fingerprint density at radius 1 is 1.00 bits per heavy atom. The molecule has 0 spiro atoms. The summed E-state index contributed by atoms with van der Waals surface area (Å²) in [5.74, 6) is 2.68. The van der Waals surface area contributed by atoms with Gasteiger partial charge in [-0.05, 0) is 67.4 Å². The predicted octanol–water partition coefficient (Wildman–Crippen LogP) is 4.58. The van der Waals surface area contributed by atoms with Gasteiger partial charge >= 0.3 is 0 Å². The van der Waals surface area contributed by atoms with Crippen molar-refractivity contribution in [1.82, 2.24) is 0 Å². The molecule has 4 aliphatic carbocycles. The van der Waals surface area contributed by atoms with Crippen molar-refractivity contribution < 1.29 is 5.11 Å². The Bertz CT molecular complexity index is 478. The first kappa shape index (κ1) is 12.6. The SMILES string of the molecule is C=Cc1ccc(C(O)C23CC4CC(CC(C4)C2)C3)cc1. The highest BCUT2D eigenvalue weighted by Gasteiger charge is 2.54. The van der Waals surface area contributed by atoms with Crippen LogP contribution >= 0.6 is 0 Å². The second-order valence-electron chi connectivity index (χ2n) is 7.55. The van der Waals surface area contributed by atoms with Crippen LogP contribution in [0.3, 0.4) is 0 Å². The van der Waals surface area contributed by atoms with Crippen LogP contribution in [0.15, 0.2) is 30.8 Å². The minimum atomic E-state index is -0.269. The maximum atomic E-state index is 11.0. The molecule has 0 aromatic heterocycles. The van der Waals surface area contributed by atoms with Crippen molar-refractivity contribution in [2.75, 3.05) is 0 Å². The van der Waals surface area contributed by atoms with Gasteiger partial charge in [-0.15, -0.1) is 0 Å². The highest BCUT2D eigenvalue weighted by Crippen LogP contribution is 2.63. The Morgan fingerprint density at radius 2 is 1.50 bits per heavy atom. The Labute approximate surface area is 121 Å². The number of rotatable bonds is 3. The first-order valence-electron chi connectivity index (χ1n) is 8.09. The van der Waals surface area contributed by atoms with Crippen LogP contribution in [0.1, 0.15) is 55.8 Å². The summed E-state index contributed by atoms with van der Waals surface area (Å²) in [7, 11) is 0. The molecule has 1 heteroatoms. The summed E-state index contributed by atoms with van der Waals surface area (Å²) in [6.45, 7) is 3.80. The van der Waals surface area contributed by atoms with E-state index in [9.17, 15) is 5.11 Å². The fourth-order valence-corrected chi connectivity index (χ4v) is 5.68. The summed E-state index contributed by atoms with van der Waals surface area (Å²) >= 11 is 0. The number of aliphatic hydroxyl groups is 1. The minimum Gasteiger partial charge on any atom is -0.388 e. The second kappa shape index (κ2) is 4.46. The zero-order valence-corrected chi connectivity index (χ0v) is 12.1. The molecule has 0 heterocycles. The summed E-state index contributed by atoms with van der Waals surface area (Å²) in [6, 6.07) is 8.35. The lowest BCUT2D eigenvalue weighted by atomic mass is 9.47. The average Bonchev–Trinajstić information content (AvgIpc) is 2.45. The Hall–Kier alpha value is -1.08. The molecule has 4 aliphatic rings. The van der Waals surface area contributed by atoms with Gasteiger partial charge in [0, 0.05) is 5.41 Å². The molecule has 1 N–H and O–H groups in total. The van der Waals surface area contributed by atoms with Crippen molar-refractivity contribution in [3.8, 4) is 0 Å². The lowest BCUT2D eigenvalue weighted by molar-refractivity contribution is -0.122. The van der Waals surface area contributed by atoms with Crippen LogP contribution in [0, 0.1) is 23.2 Å². The van der Waals surface area contributed by atoms with E-state index in [1.165, 1.54) is 38.5 Å². The van der Waals surface area contributed by atoms with Crippen LogP contribution in [0.25, 0.3) is 6.08 Å². The standard InChI is InChI=1S/C19H24O/c1-2-13-3-5-17(6-4-13)18(20)19-10-14-7-15(11-19)9-16(8-14)12-19/h2-6,14-16,18,20H,1,7-12H2. The van der Waals surface area contributed by atoms with Gasteiger partial charge in [0.25, 0.3) is 0 Å². The van der Waals surface area contributed by atoms with Gasteiger partial charge in [-0.3, -0.25) is 0 Å². The summed E-state index contributed by atoms with van der Waals surface area (Å²) < 4.78 is 0. The zero-order valence-electron chi connectivity index (χ0n) is 12.1. The third kappa shape index (κ3) is 1.87. The third-order valence-corrected chi connectivity index (χ3v) is 6.15. The molecule has 0 radical (unpaired) electrons. The topological polar surface area (TPSA) is 20.2 Å². The Balaban J connectivity index is 1.63. The van der Waals surface area contributed by atoms with Gasteiger partial charge in [0.15, 0.2) is 0 Å². The lowest BCUT2D eigenvalue weighted by Crippen LogP contribution is -2.48. The van der Waals surface area contributed by atoms with Crippen LogP contribution in [0.5, 0.6) is 0 Å². The average molecular weight is 268 g/mol. The summed E-state index contributed by atoms with van der Waals surface area (Å²) in [4.78, 5) is 0. The molecular formula is C19H24O. The van der Waals surface area contributed by atoms with Gasteiger partial charge in [-0.2, -0.15) is 0 Å². The highest BCUT2D eigenvalue weighted by molar-refractivity contribution is 5.47. The molecule has 0 aliphatic heterocycles. The predicted molar refractivity (Wildman–Crippen MR) is 82.1 cm³/mol. The maximum absolute atomic E-state index is 11.0. The van der Waals surface area contributed by atoms with Crippen molar-refractivity contribution in [2.45, 2.75) is 44.6 Å².